The first-order chi connectivity index (χ1) is 16.4. The molecule has 0 spiro atoms. The highest BCUT2D eigenvalue weighted by Crippen LogP contribution is 2.39. The van der Waals surface area contributed by atoms with Gasteiger partial charge < -0.3 is 4.90 Å². The molecule has 0 N–H and O–H groups in total. The lowest BCUT2D eigenvalue weighted by molar-refractivity contribution is 0.445. The van der Waals surface area contributed by atoms with Crippen LogP contribution in [0.3, 0.4) is 0 Å². The molecular weight excluding hydrogens is 428 g/mol. The fourth-order valence-electron chi connectivity index (χ4n) is 5.40. The standard InChI is InChI=1S/C29H31F2N3/c1-5-20-24(30)12-9-19-14-18(4)15-23(26(19)20)21-10-11-22-28(27(21)31)32-25(6-2)33-29(22)34-13-7-8-17(3)16-34/h9-12,14-15,17H,5-8,13,16H2,1-4H3. The van der Waals surface area contributed by atoms with E-state index in [4.69, 9.17) is 4.98 Å². The van der Waals surface area contributed by atoms with Gasteiger partial charge in [0.2, 0.25) is 0 Å². The van der Waals surface area contributed by atoms with E-state index in [0.29, 0.717) is 41.2 Å². The highest BCUT2D eigenvalue weighted by atomic mass is 19.1. The smallest absolute Gasteiger partial charge is 0.157 e. The van der Waals surface area contributed by atoms with Crippen molar-refractivity contribution >= 4 is 27.5 Å². The first-order valence-corrected chi connectivity index (χ1v) is 12.4. The number of rotatable bonds is 4. The molecule has 5 rings (SSSR count). The van der Waals surface area contributed by atoms with E-state index in [-0.39, 0.29) is 11.6 Å². The Labute approximate surface area is 199 Å². The fourth-order valence-corrected chi connectivity index (χ4v) is 5.40. The Balaban J connectivity index is 1.78. The number of aryl methyl sites for hydroxylation is 3. The lowest BCUT2D eigenvalue weighted by atomic mass is 9.90. The molecule has 0 amide bonds. The summed E-state index contributed by atoms with van der Waals surface area (Å²) in [4.78, 5) is 11.7. The Morgan fingerprint density at radius 3 is 2.56 bits per heavy atom. The molecule has 0 aliphatic carbocycles. The van der Waals surface area contributed by atoms with Crippen LogP contribution in [-0.4, -0.2) is 23.1 Å². The summed E-state index contributed by atoms with van der Waals surface area (Å²) < 4.78 is 31.0. The van der Waals surface area contributed by atoms with E-state index in [0.717, 1.165) is 52.6 Å². The Hall–Kier alpha value is -3.08. The van der Waals surface area contributed by atoms with Gasteiger partial charge in [-0.3, -0.25) is 0 Å². The molecule has 1 aliphatic rings. The Kier molecular flexibility index (Phi) is 5.97. The van der Waals surface area contributed by atoms with Gasteiger partial charge in [-0.1, -0.05) is 45.0 Å². The molecule has 3 aromatic carbocycles. The Morgan fingerprint density at radius 1 is 1.00 bits per heavy atom. The highest BCUT2D eigenvalue weighted by Gasteiger charge is 2.24. The van der Waals surface area contributed by atoms with Gasteiger partial charge >= 0.3 is 0 Å². The number of nitrogens with zero attached hydrogens (tertiary/aromatic N) is 3. The van der Waals surface area contributed by atoms with E-state index in [1.807, 2.05) is 45.0 Å². The summed E-state index contributed by atoms with van der Waals surface area (Å²) in [5, 5.41) is 2.44. The van der Waals surface area contributed by atoms with Gasteiger partial charge in [0.15, 0.2) is 5.82 Å². The van der Waals surface area contributed by atoms with Crippen LogP contribution >= 0.6 is 0 Å². The fraction of sp³-hybridized carbons (Fsp3) is 0.379. The number of benzene rings is 3. The van der Waals surface area contributed by atoms with Gasteiger partial charge in [-0.05, 0) is 71.7 Å². The molecule has 34 heavy (non-hydrogen) atoms. The van der Waals surface area contributed by atoms with Crippen molar-refractivity contribution in [1.29, 1.82) is 0 Å². The summed E-state index contributed by atoms with van der Waals surface area (Å²) in [6.45, 7) is 10.0. The van der Waals surface area contributed by atoms with E-state index < -0.39 is 0 Å². The molecule has 2 heterocycles. The van der Waals surface area contributed by atoms with Crippen LogP contribution in [0, 0.1) is 24.5 Å². The summed E-state index contributed by atoms with van der Waals surface area (Å²) >= 11 is 0. The second kappa shape index (κ2) is 8.94. The van der Waals surface area contributed by atoms with Crippen LogP contribution in [0.25, 0.3) is 32.8 Å². The van der Waals surface area contributed by atoms with Crippen molar-refractivity contribution in [2.24, 2.45) is 5.92 Å². The maximum atomic E-state index is 16.3. The van der Waals surface area contributed by atoms with Gasteiger partial charge in [0.25, 0.3) is 0 Å². The topological polar surface area (TPSA) is 29.0 Å². The summed E-state index contributed by atoms with van der Waals surface area (Å²) in [5.41, 5.74) is 3.15. The molecule has 1 fully saturated rings. The molecule has 0 radical (unpaired) electrons. The van der Waals surface area contributed by atoms with Crippen LogP contribution in [0.4, 0.5) is 14.6 Å². The average molecular weight is 460 g/mol. The van der Waals surface area contributed by atoms with Crippen molar-refractivity contribution in [3.8, 4) is 11.1 Å². The second-order valence-corrected chi connectivity index (χ2v) is 9.62. The summed E-state index contributed by atoms with van der Waals surface area (Å²) in [6.07, 6.45) is 3.48. The van der Waals surface area contributed by atoms with Gasteiger partial charge in [0, 0.05) is 30.5 Å². The quantitative estimate of drug-likeness (QED) is 0.318. The molecule has 0 saturated carbocycles. The third-order valence-electron chi connectivity index (χ3n) is 7.06. The molecule has 1 saturated heterocycles. The number of aromatic nitrogens is 2. The summed E-state index contributed by atoms with van der Waals surface area (Å²) in [5.74, 6) is 1.44. The van der Waals surface area contributed by atoms with Crippen LogP contribution < -0.4 is 4.90 Å². The van der Waals surface area contributed by atoms with Crippen LogP contribution in [0.2, 0.25) is 0 Å². The van der Waals surface area contributed by atoms with Crippen molar-refractivity contribution in [1.82, 2.24) is 9.97 Å². The molecule has 1 aliphatic heterocycles. The molecule has 1 unspecified atom stereocenters. The van der Waals surface area contributed by atoms with E-state index >= 15 is 4.39 Å². The number of halogens is 2. The third kappa shape index (κ3) is 3.81. The first-order valence-electron chi connectivity index (χ1n) is 12.4. The number of fused-ring (bicyclic) bond motifs is 2. The van der Waals surface area contributed by atoms with Crippen molar-refractivity contribution < 1.29 is 8.78 Å². The van der Waals surface area contributed by atoms with Gasteiger partial charge in [-0.2, -0.15) is 0 Å². The van der Waals surface area contributed by atoms with Crippen molar-refractivity contribution in [2.75, 3.05) is 18.0 Å². The van der Waals surface area contributed by atoms with Gasteiger partial charge in [0.05, 0.1) is 0 Å². The number of hydrogen-bond donors (Lipinski definition) is 0. The zero-order valence-electron chi connectivity index (χ0n) is 20.4. The molecule has 0 bridgehead atoms. The maximum absolute atomic E-state index is 16.3. The molecule has 3 nitrogen and oxygen atoms in total. The maximum Gasteiger partial charge on any atom is 0.157 e. The monoisotopic (exact) mass is 459 g/mol. The van der Waals surface area contributed by atoms with E-state index in [2.05, 4.69) is 16.8 Å². The summed E-state index contributed by atoms with van der Waals surface area (Å²) in [6, 6.07) is 11.0. The lowest BCUT2D eigenvalue weighted by Gasteiger charge is -2.32. The first kappa shape index (κ1) is 22.7. The predicted molar refractivity (Wildman–Crippen MR) is 136 cm³/mol. The molecule has 1 aromatic heterocycles. The largest absolute Gasteiger partial charge is 0.356 e. The molecule has 4 aromatic rings. The minimum atomic E-state index is -0.362. The molecular formula is C29H31F2N3. The Bertz CT molecular complexity index is 1400. The van der Waals surface area contributed by atoms with E-state index in [1.54, 1.807) is 6.07 Å². The van der Waals surface area contributed by atoms with Crippen LogP contribution in [-0.2, 0) is 12.8 Å². The minimum absolute atomic E-state index is 0.251. The Morgan fingerprint density at radius 2 is 1.82 bits per heavy atom. The second-order valence-electron chi connectivity index (χ2n) is 9.62. The normalized spacial score (nSPS) is 16.5. The summed E-state index contributed by atoms with van der Waals surface area (Å²) in [7, 11) is 0. The third-order valence-corrected chi connectivity index (χ3v) is 7.06. The van der Waals surface area contributed by atoms with Crippen molar-refractivity contribution in [3.63, 3.8) is 0 Å². The average Bonchev–Trinajstić information content (AvgIpc) is 2.83. The SMILES string of the molecule is CCc1nc(N2CCCC(C)C2)c2ccc(-c3cc(C)cc4ccc(F)c(CC)c34)c(F)c2n1. The van der Waals surface area contributed by atoms with Gasteiger partial charge in [-0.25, -0.2) is 18.7 Å². The molecule has 5 heteroatoms. The molecule has 176 valence electrons. The zero-order valence-corrected chi connectivity index (χ0v) is 20.4. The number of piperidine rings is 1. The van der Waals surface area contributed by atoms with Crippen molar-refractivity contribution in [3.05, 3.63) is 65.0 Å². The zero-order chi connectivity index (χ0) is 24.0. The van der Waals surface area contributed by atoms with Crippen LogP contribution in [0.1, 0.15) is 50.6 Å². The van der Waals surface area contributed by atoms with Crippen molar-refractivity contribution in [2.45, 2.75) is 53.4 Å². The lowest BCUT2D eigenvalue weighted by Crippen LogP contribution is -2.35. The number of anilines is 1. The van der Waals surface area contributed by atoms with Gasteiger partial charge in [0.1, 0.15) is 23.0 Å². The predicted octanol–water partition coefficient (Wildman–Crippen LogP) is 7.40. The molecule has 1 atom stereocenters. The highest BCUT2D eigenvalue weighted by molar-refractivity contribution is 6.02. The van der Waals surface area contributed by atoms with E-state index in [1.165, 1.54) is 12.5 Å². The number of hydrogen-bond acceptors (Lipinski definition) is 3. The van der Waals surface area contributed by atoms with Gasteiger partial charge in [-0.15, -0.1) is 0 Å². The van der Waals surface area contributed by atoms with E-state index in [9.17, 15) is 4.39 Å². The van der Waals surface area contributed by atoms with Crippen LogP contribution in [0.15, 0.2) is 36.4 Å². The minimum Gasteiger partial charge on any atom is -0.356 e. The van der Waals surface area contributed by atoms with Crippen LogP contribution in [0.5, 0.6) is 0 Å².